The molecule has 0 unspecified atom stereocenters. The summed E-state index contributed by atoms with van der Waals surface area (Å²) in [4.78, 5) is 23.8. The number of hydrogen-bond acceptors (Lipinski definition) is 3. The summed E-state index contributed by atoms with van der Waals surface area (Å²) in [7, 11) is 0. The predicted octanol–water partition coefficient (Wildman–Crippen LogP) is 2.89. The number of rotatable bonds is 6. The second kappa shape index (κ2) is 8.40. The van der Waals surface area contributed by atoms with Gasteiger partial charge in [0.25, 0.3) is 0 Å². The first-order chi connectivity index (χ1) is 9.19. The molecule has 0 bridgehead atoms. The van der Waals surface area contributed by atoms with Gasteiger partial charge in [0.15, 0.2) is 0 Å². The van der Waals surface area contributed by atoms with Crippen LogP contribution >= 0.6 is 0 Å². The molecule has 0 aliphatic heterocycles. The first-order valence-corrected chi connectivity index (χ1v) is 6.79. The van der Waals surface area contributed by atoms with E-state index in [4.69, 9.17) is 4.74 Å². The van der Waals surface area contributed by atoms with E-state index in [-0.39, 0.29) is 5.91 Å². The molecule has 0 fully saturated rings. The Hall–Kier alpha value is -1.78. The van der Waals surface area contributed by atoms with Crippen molar-refractivity contribution in [2.24, 2.45) is 0 Å². The molecule has 0 saturated heterocycles. The molecule has 0 aromatic carbocycles. The second-order valence-electron chi connectivity index (χ2n) is 5.56. The third kappa shape index (κ3) is 8.34. The Morgan fingerprint density at radius 3 is 2.40 bits per heavy atom. The van der Waals surface area contributed by atoms with Crippen LogP contribution in [0.15, 0.2) is 24.4 Å². The summed E-state index contributed by atoms with van der Waals surface area (Å²) in [6.07, 6.45) is 4.02. The van der Waals surface area contributed by atoms with Gasteiger partial charge in [0.1, 0.15) is 11.6 Å². The summed E-state index contributed by atoms with van der Waals surface area (Å²) in [5, 5.41) is 5.31. The lowest BCUT2D eigenvalue weighted by Crippen LogP contribution is -2.47. The summed E-state index contributed by atoms with van der Waals surface area (Å²) >= 11 is 0. The molecule has 0 aliphatic carbocycles. The molecule has 2 amide bonds. The zero-order valence-electron chi connectivity index (χ0n) is 13.1. The molecule has 0 aromatic heterocycles. The zero-order valence-corrected chi connectivity index (χ0v) is 13.1. The van der Waals surface area contributed by atoms with Crippen molar-refractivity contribution in [1.82, 2.24) is 10.6 Å². The van der Waals surface area contributed by atoms with Crippen molar-refractivity contribution in [3.63, 3.8) is 0 Å². The molecule has 5 heteroatoms. The second-order valence-corrected chi connectivity index (χ2v) is 5.56. The maximum Gasteiger partial charge on any atom is 0.408 e. The highest BCUT2D eigenvalue weighted by molar-refractivity contribution is 5.86. The maximum atomic E-state index is 12.1. The van der Waals surface area contributed by atoms with Crippen LogP contribution in [0.2, 0.25) is 0 Å². The van der Waals surface area contributed by atoms with E-state index in [1.165, 1.54) is 0 Å². The van der Waals surface area contributed by atoms with Gasteiger partial charge in [0.05, 0.1) is 0 Å². The van der Waals surface area contributed by atoms with E-state index in [9.17, 15) is 9.59 Å². The minimum absolute atomic E-state index is 0.256. The lowest BCUT2D eigenvalue weighted by atomic mass is 10.1. The smallest absolute Gasteiger partial charge is 0.408 e. The van der Waals surface area contributed by atoms with Crippen molar-refractivity contribution in [1.29, 1.82) is 0 Å². The molecule has 2 N–H and O–H groups in total. The van der Waals surface area contributed by atoms with Crippen molar-refractivity contribution in [3.05, 3.63) is 24.4 Å². The Bertz CT molecular complexity index is 381. The normalized spacial score (nSPS) is 13.3. The van der Waals surface area contributed by atoms with E-state index in [1.807, 2.05) is 6.92 Å². The SMILES string of the molecule is C=C/C=C(\C)NC(=O)[C@H](CCC)NC(=O)OC(C)(C)C. The number of amides is 2. The summed E-state index contributed by atoms with van der Waals surface area (Å²) < 4.78 is 5.16. The molecule has 0 rings (SSSR count). The van der Waals surface area contributed by atoms with Gasteiger partial charge < -0.3 is 15.4 Å². The van der Waals surface area contributed by atoms with E-state index in [0.29, 0.717) is 12.1 Å². The van der Waals surface area contributed by atoms with Crippen molar-refractivity contribution in [3.8, 4) is 0 Å². The van der Waals surface area contributed by atoms with E-state index >= 15 is 0 Å². The van der Waals surface area contributed by atoms with Gasteiger partial charge in [-0.2, -0.15) is 0 Å². The van der Waals surface area contributed by atoms with E-state index in [2.05, 4.69) is 17.2 Å². The van der Waals surface area contributed by atoms with Gasteiger partial charge in [-0.05, 0) is 40.2 Å². The zero-order chi connectivity index (χ0) is 15.8. The van der Waals surface area contributed by atoms with Gasteiger partial charge in [-0.15, -0.1) is 0 Å². The molecule has 5 nitrogen and oxygen atoms in total. The number of ether oxygens (including phenoxy) is 1. The van der Waals surface area contributed by atoms with Crippen molar-refractivity contribution in [2.45, 2.75) is 59.1 Å². The molecule has 0 heterocycles. The van der Waals surface area contributed by atoms with E-state index in [1.54, 1.807) is 39.8 Å². The molecule has 0 aliphatic rings. The highest BCUT2D eigenvalue weighted by atomic mass is 16.6. The van der Waals surface area contributed by atoms with Crippen LogP contribution in [-0.4, -0.2) is 23.6 Å². The Labute approximate surface area is 121 Å². The van der Waals surface area contributed by atoms with Crippen LogP contribution in [0, 0.1) is 0 Å². The Balaban J connectivity index is 4.63. The van der Waals surface area contributed by atoms with Crippen LogP contribution < -0.4 is 10.6 Å². The predicted molar refractivity (Wildman–Crippen MR) is 80.2 cm³/mol. The Kier molecular flexibility index (Phi) is 7.65. The fourth-order valence-electron chi connectivity index (χ4n) is 1.51. The first kappa shape index (κ1) is 18.2. The van der Waals surface area contributed by atoms with Gasteiger partial charge in [-0.1, -0.05) is 26.0 Å². The number of carbonyl (C=O) groups excluding carboxylic acids is 2. The van der Waals surface area contributed by atoms with E-state index < -0.39 is 17.7 Å². The lowest BCUT2D eigenvalue weighted by molar-refractivity contribution is -0.122. The highest BCUT2D eigenvalue weighted by Crippen LogP contribution is 2.08. The molecular weight excluding hydrogens is 256 g/mol. The molecule has 0 aromatic rings. The van der Waals surface area contributed by atoms with E-state index in [0.717, 1.165) is 6.42 Å². The minimum Gasteiger partial charge on any atom is -0.444 e. The van der Waals surface area contributed by atoms with Crippen molar-refractivity contribution >= 4 is 12.0 Å². The summed E-state index contributed by atoms with van der Waals surface area (Å²) in [6.45, 7) is 12.6. The van der Waals surface area contributed by atoms with Gasteiger partial charge in [-0.25, -0.2) is 4.79 Å². The molecule has 1 atom stereocenters. The van der Waals surface area contributed by atoms with Crippen molar-refractivity contribution < 1.29 is 14.3 Å². The highest BCUT2D eigenvalue weighted by Gasteiger charge is 2.23. The van der Waals surface area contributed by atoms with Crippen LogP contribution in [0.25, 0.3) is 0 Å². The van der Waals surface area contributed by atoms with Crippen LogP contribution in [-0.2, 0) is 9.53 Å². The Morgan fingerprint density at radius 2 is 1.95 bits per heavy atom. The maximum absolute atomic E-state index is 12.1. The molecule has 0 saturated carbocycles. The average molecular weight is 282 g/mol. The third-order valence-electron chi connectivity index (χ3n) is 2.27. The first-order valence-electron chi connectivity index (χ1n) is 6.79. The molecule has 0 spiro atoms. The lowest BCUT2D eigenvalue weighted by Gasteiger charge is -2.23. The fraction of sp³-hybridized carbons (Fsp3) is 0.600. The molecule has 20 heavy (non-hydrogen) atoms. The van der Waals surface area contributed by atoms with Gasteiger partial charge in [0, 0.05) is 5.70 Å². The molecule has 0 radical (unpaired) electrons. The average Bonchev–Trinajstić information content (AvgIpc) is 2.25. The minimum atomic E-state index is -0.608. The molecule has 114 valence electrons. The number of hydrogen-bond donors (Lipinski definition) is 2. The third-order valence-corrected chi connectivity index (χ3v) is 2.27. The van der Waals surface area contributed by atoms with Crippen LogP contribution in [0.4, 0.5) is 4.79 Å². The van der Waals surface area contributed by atoms with Crippen molar-refractivity contribution in [2.75, 3.05) is 0 Å². The summed E-state index contributed by atoms with van der Waals surface area (Å²) in [6, 6.07) is -0.608. The number of allylic oxidation sites excluding steroid dienone is 3. The number of carbonyl (C=O) groups is 2. The van der Waals surface area contributed by atoms with Crippen LogP contribution in [0.1, 0.15) is 47.5 Å². The largest absolute Gasteiger partial charge is 0.444 e. The summed E-state index contributed by atoms with van der Waals surface area (Å²) in [5.41, 5.74) is 0.0905. The number of nitrogens with one attached hydrogen (secondary N) is 2. The Morgan fingerprint density at radius 1 is 1.35 bits per heavy atom. The molecular formula is C15H26N2O3. The number of alkyl carbamates (subject to hydrolysis) is 1. The topological polar surface area (TPSA) is 67.4 Å². The van der Waals surface area contributed by atoms with Crippen LogP contribution in [0.5, 0.6) is 0 Å². The van der Waals surface area contributed by atoms with Gasteiger partial charge >= 0.3 is 6.09 Å². The van der Waals surface area contributed by atoms with Crippen LogP contribution in [0.3, 0.4) is 0 Å². The summed E-state index contributed by atoms with van der Waals surface area (Å²) in [5.74, 6) is -0.256. The quantitative estimate of drug-likeness (QED) is 0.736. The monoisotopic (exact) mass is 282 g/mol. The fourth-order valence-corrected chi connectivity index (χ4v) is 1.51. The van der Waals surface area contributed by atoms with Gasteiger partial charge in [-0.3, -0.25) is 4.79 Å². The van der Waals surface area contributed by atoms with Gasteiger partial charge in [0.2, 0.25) is 5.91 Å². The standard InChI is InChI=1S/C15H26N2O3/c1-7-9-11(3)16-13(18)12(10-8-2)17-14(19)20-15(4,5)6/h7,9,12H,1,8,10H2,2-6H3,(H,16,18)(H,17,19)/b11-9+/t12-/m0/s1.